The highest BCUT2D eigenvalue weighted by Gasteiger charge is 2.20. The number of aryl methyl sites for hydroxylation is 2. The first kappa shape index (κ1) is 14.1. The van der Waals surface area contributed by atoms with Gasteiger partial charge in [-0.1, -0.05) is 11.6 Å². The van der Waals surface area contributed by atoms with Crippen LogP contribution in [0.3, 0.4) is 0 Å². The molecular weight excluding hydrogens is 266 g/mol. The number of fused-ring (bicyclic) bond motifs is 1. The molecule has 0 aliphatic carbocycles. The van der Waals surface area contributed by atoms with Crippen molar-refractivity contribution in [3.8, 4) is 0 Å². The van der Waals surface area contributed by atoms with Crippen molar-refractivity contribution in [1.82, 2.24) is 5.32 Å². The average molecular weight is 287 g/mol. The predicted octanol–water partition coefficient (Wildman–Crippen LogP) is 3.21. The van der Waals surface area contributed by atoms with E-state index in [1.165, 1.54) is 5.56 Å². The standard InChI is InChI=1S/C17H21NO3/c1-11-3-4-15-14(9-11)12(2)16(21-15)17(19)18-10-13-5-7-20-8-6-13/h3-4,9,13H,5-8,10H2,1-2H3,(H,18,19). The molecule has 0 radical (unpaired) electrons. The fourth-order valence-electron chi connectivity index (χ4n) is 2.82. The van der Waals surface area contributed by atoms with Gasteiger partial charge in [-0.3, -0.25) is 4.79 Å². The van der Waals surface area contributed by atoms with Crippen LogP contribution in [0.5, 0.6) is 0 Å². The quantitative estimate of drug-likeness (QED) is 0.943. The van der Waals surface area contributed by atoms with Gasteiger partial charge in [0.2, 0.25) is 0 Å². The Kier molecular flexibility index (Phi) is 3.97. The number of rotatable bonds is 3. The molecule has 1 aliphatic heterocycles. The fraction of sp³-hybridized carbons (Fsp3) is 0.471. The number of benzene rings is 1. The Balaban J connectivity index is 1.73. The zero-order chi connectivity index (χ0) is 14.8. The maximum atomic E-state index is 12.3. The zero-order valence-corrected chi connectivity index (χ0v) is 12.6. The molecule has 1 fully saturated rings. The van der Waals surface area contributed by atoms with Crippen LogP contribution in [-0.4, -0.2) is 25.7 Å². The number of carbonyl (C=O) groups is 1. The predicted molar refractivity (Wildman–Crippen MR) is 81.6 cm³/mol. The summed E-state index contributed by atoms with van der Waals surface area (Å²) >= 11 is 0. The van der Waals surface area contributed by atoms with Crippen molar-refractivity contribution in [2.45, 2.75) is 26.7 Å². The van der Waals surface area contributed by atoms with Crippen molar-refractivity contribution in [3.05, 3.63) is 35.1 Å². The van der Waals surface area contributed by atoms with Gasteiger partial charge in [-0.2, -0.15) is 0 Å². The number of ether oxygens (including phenoxy) is 1. The van der Waals surface area contributed by atoms with Crippen LogP contribution in [0.4, 0.5) is 0 Å². The summed E-state index contributed by atoms with van der Waals surface area (Å²) in [7, 11) is 0. The minimum Gasteiger partial charge on any atom is -0.451 e. The second-order valence-electron chi connectivity index (χ2n) is 5.82. The summed E-state index contributed by atoms with van der Waals surface area (Å²) in [6, 6.07) is 5.98. The summed E-state index contributed by atoms with van der Waals surface area (Å²) in [5.41, 5.74) is 2.85. The van der Waals surface area contributed by atoms with Gasteiger partial charge in [0.15, 0.2) is 5.76 Å². The van der Waals surface area contributed by atoms with Crippen LogP contribution in [0.2, 0.25) is 0 Å². The van der Waals surface area contributed by atoms with Crippen molar-refractivity contribution < 1.29 is 13.9 Å². The summed E-state index contributed by atoms with van der Waals surface area (Å²) in [4.78, 5) is 12.3. The molecule has 0 bridgehead atoms. The molecule has 2 aromatic rings. The summed E-state index contributed by atoms with van der Waals surface area (Å²) in [5, 5.41) is 4.02. The lowest BCUT2D eigenvalue weighted by Crippen LogP contribution is -2.32. The van der Waals surface area contributed by atoms with E-state index in [4.69, 9.17) is 9.15 Å². The van der Waals surface area contributed by atoms with Crippen LogP contribution in [0.25, 0.3) is 11.0 Å². The Bertz CT molecular complexity index is 653. The van der Waals surface area contributed by atoms with Gasteiger partial charge in [0.25, 0.3) is 5.91 Å². The molecule has 0 atom stereocenters. The van der Waals surface area contributed by atoms with E-state index in [1.807, 2.05) is 26.0 Å². The third-order valence-electron chi connectivity index (χ3n) is 4.19. The molecular formula is C17H21NO3. The largest absolute Gasteiger partial charge is 0.451 e. The molecule has 1 aromatic carbocycles. The second-order valence-corrected chi connectivity index (χ2v) is 5.82. The van der Waals surface area contributed by atoms with Gasteiger partial charge in [0.05, 0.1) is 0 Å². The van der Waals surface area contributed by atoms with Gasteiger partial charge in [-0.25, -0.2) is 0 Å². The van der Waals surface area contributed by atoms with Crippen LogP contribution in [0.15, 0.2) is 22.6 Å². The molecule has 0 spiro atoms. The van der Waals surface area contributed by atoms with Crippen LogP contribution in [0.1, 0.15) is 34.5 Å². The molecule has 4 heteroatoms. The second kappa shape index (κ2) is 5.90. The van der Waals surface area contributed by atoms with Gasteiger partial charge in [0.1, 0.15) is 5.58 Å². The lowest BCUT2D eigenvalue weighted by molar-refractivity contribution is 0.0639. The third kappa shape index (κ3) is 2.95. The van der Waals surface area contributed by atoms with Crippen molar-refractivity contribution >= 4 is 16.9 Å². The van der Waals surface area contributed by atoms with Crippen LogP contribution in [0, 0.1) is 19.8 Å². The summed E-state index contributed by atoms with van der Waals surface area (Å²) in [6.07, 6.45) is 2.02. The van der Waals surface area contributed by atoms with Gasteiger partial charge < -0.3 is 14.5 Å². The number of carbonyl (C=O) groups excluding carboxylic acids is 1. The molecule has 3 rings (SSSR count). The zero-order valence-electron chi connectivity index (χ0n) is 12.6. The van der Waals surface area contributed by atoms with E-state index >= 15 is 0 Å². The molecule has 21 heavy (non-hydrogen) atoms. The molecule has 1 amide bonds. The molecule has 1 aliphatic rings. The van der Waals surface area contributed by atoms with Gasteiger partial charge >= 0.3 is 0 Å². The molecule has 1 saturated heterocycles. The van der Waals surface area contributed by atoms with Crippen molar-refractivity contribution in [2.75, 3.05) is 19.8 Å². The first-order valence-corrected chi connectivity index (χ1v) is 7.51. The normalized spacial score (nSPS) is 16.3. The highest BCUT2D eigenvalue weighted by atomic mass is 16.5. The molecule has 112 valence electrons. The molecule has 0 saturated carbocycles. The van der Waals surface area contributed by atoms with E-state index in [9.17, 15) is 4.79 Å². The summed E-state index contributed by atoms with van der Waals surface area (Å²) in [5.74, 6) is 0.824. The van der Waals surface area contributed by atoms with E-state index in [-0.39, 0.29) is 5.91 Å². The topological polar surface area (TPSA) is 51.5 Å². The first-order valence-electron chi connectivity index (χ1n) is 7.51. The van der Waals surface area contributed by atoms with E-state index in [0.29, 0.717) is 18.2 Å². The summed E-state index contributed by atoms with van der Waals surface area (Å²) < 4.78 is 11.0. The SMILES string of the molecule is Cc1ccc2oc(C(=O)NCC3CCOCC3)c(C)c2c1. The Morgan fingerprint density at radius 1 is 1.29 bits per heavy atom. The minimum atomic E-state index is -0.118. The van der Waals surface area contributed by atoms with Crippen molar-refractivity contribution in [2.24, 2.45) is 5.92 Å². The van der Waals surface area contributed by atoms with E-state index in [0.717, 1.165) is 42.6 Å². The first-order chi connectivity index (χ1) is 10.1. The van der Waals surface area contributed by atoms with E-state index in [2.05, 4.69) is 11.4 Å². The Hall–Kier alpha value is -1.81. The highest BCUT2D eigenvalue weighted by Crippen LogP contribution is 2.26. The van der Waals surface area contributed by atoms with Crippen LogP contribution >= 0.6 is 0 Å². The van der Waals surface area contributed by atoms with Gasteiger partial charge in [-0.05, 0) is 44.7 Å². The number of amides is 1. The third-order valence-corrected chi connectivity index (χ3v) is 4.19. The lowest BCUT2D eigenvalue weighted by atomic mass is 10.0. The molecule has 4 nitrogen and oxygen atoms in total. The average Bonchev–Trinajstić information content (AvgIpc) is 2.83. The number of nitrogens with one attached hydrogen (secondary N) is 1. The van der Waals surface area contributed by atoms with Crippen molar-refractivity contribution in [1.29, 1.82) is 0 Å². The smallest absolute Gasteiger partial charge is 0.287 e. The molecule has 1 aromatic heterocycles. The van der Waals surface area contributed by atoms with Crippen LogP contribution < -0.4 is 5.32 Å². The summed E-state index contributed by atoms with van der Waals surface area (Å²) in [6.45, 7) is 6.26. The molecule has 0 unspecified atom stereocenters. The van der Waals surface area contributed by atoms with Gasteiger partial charge in [-0.15, -0.1) is 0 Å². The molecule has 1 N–H and O–H groups in total. The van der Waals surface area contributed by atoms with Crippen molar-refractivity contribution in [3.63, 3.8) is 0 Å². The lowest BCUT2D eigenvalue weighted by Gasteiger charge is -2.21. The maximum Gasteiger partial charge on any atom is 0.287 e. The highest BCUT2D eigenvalue weighted by molar-refractivity contribution is 5.99. The molecule has 2 heterocycles. The maximum absolute atomic E-state index is 12.3. The van der Waals surface area contributed by atoms with Gasteiger partial charge in [0, 0.05) is 30.7 Å². The Morgan fingerprint density at radius 2 is 2.05 bits per heavy atom. The minimum absolute atomic E-state index is 0.118. The number of hydrogen-bond donors (Lipinski definition) is 1. The number of hydrogen-bond acceptors (Lipinski definition) is 3. The van der Waals surface area contributed by atoms with E-state index < -0.39 is 0 Å². The number of furan rings is 1. The van der Waals surface area contributed by atoms with E-state index in [1.54, 1.807) is 0 Å². The Labute approximate surface area is 124 Å². The Morgan fingerprint density at radius 3 is 2.81 bits per heavy atom. The monoisotopic (exact) mass is 287 g/mol. The fourth-order valence-corrected chi connectivity index (χ4v) is 2.82. The van der Waals surface area contributed by atoms with Crippen LogP contribution in [-0.2, 0) is 4.74 Å².